The number of rotatable bonds is 6. The summed E-state index contributed by atoms with van der Waals surface area (Å²) in [5.74, 6) is 0. The molecule has 9 aromatic rings. The molecule has 0 amide bonds. The topological polar surface area (TPSA) is 6.48 Å². The van der Waals surface area contributed by atoms with Crippen LogP contribution in [0.15, 0.2) is 231 Å². The first-order valence-electron chi connectivity index (χ1n) is 19.7. The molecule has 2 aliphatic rings. The number of anilines is 6. The summed E-state index contributed by atoms with van der Waals surface area (Å²) < 4.78 is 0. The minimum absolute atomic E-state index is 0.514. The van der Waals surface area contributed by atoms with Gasteiger partial charge >= 0.3 is 0 Å². The van der Waals surface area contributed by atoms with Gasteiger partial charge in [0, 0.05) is 22.6 Å². The predicted octanol–water partition coefficient (Wildman–Crippen LogP) is 14.6. The van der Waals surface area contributed by atoms with E-state index in [-0.39, 0.29) is 0 Å². The highest BCUT2D eigenvalue weighted by Gasteiger charge is 2.51. The van der Waals surface area contributed by atoms with Crippen molar-refractivity contribution in [3.05, 3.63) is 253 Å². The Kier molecular flexibility index (Phi) is 7.75. The maximum absolute atomic E-state index is 2.48. The summed E-state index contributed by atoms with van der Waals surface area (Å²) in [5.41, 5.74) is 18.9. The van der Waals surface area contributed by atoms with Gasteiger partial charge in [0.1, 0.15) is 0 Å². The van der Waals surface area contributed by atoms with Crippen LogP contribution in [0.1, 0.15) is 22.3 Å². The van der Waals surface area contributed by atoms with Crippen molar-refractivity contribution in [2.24, 2.45) is 0 Å². The molecule has 0 fully saturated rings. The highest BCUT2D eigenvalue weighted by Crippen LogP contribution is 2.63. The lowest BCUT2D eigenvalue weighted by Gasteiger charge is -2.45. The molecule has 0 bridgehead atoms. The third-order valence-electron chi connectivity index (χ3n) is 11.8. The first-order chi connectivity index (χ1) is 28.3. The van der Waals surface area contributed by atoms with Crippen molar-refractivity contribution < 1.29 is 0 Å². The molecule has 268 valence electrons. The average Bonchev–Trinajstić information content (AvgIpc) is 3.59. The Morgan fingerprint density at radius 2 is 0.789 bits per heavy atom. The Bertz CT molecular complexity index is 2820. The zero-order valence-corrected chi connectivity index (χ0v) is 31.3. The van der Waals surface area contributed by atoms with E-state index in [0.717, 1.165) is 22.7 Å². The van der Waals surface area contributed by atoms with E-state index in [1.54, 1.807) is 0 Å². The fraction of sp³-hybridized carbons (Fsp3) is 0.0182. The second kappa shape index (κ2) is 13.4. The Hall–Kier alpha value is -7.42. The quantitative estimate of drug-likeness (QED) is 0.168. The normalized spacial score (nSPS) is 13.0. The summed E-state index contributed by atoms with van der Waals surface area (Å²) in [6.07, 6.45) is 0. The molecule has 9 aromatic carbocycles. The molecular weight excluding hydrogens is 689 g/mol. The van der Waals surface area contributed by atoms with Gasteiger partial charge in [-0.15, -0.1) is 0 Å². The molecule has 11 rings (SSSR count). The summed E-state index contributed by atoms with van der Waals surface area (Å²) in [5, 5.41) is 0. The highest BCUT2D eigenvalue weighted by atomic mass is 15.2. The molecule has 1 heterocycles. The van der Waals surface area contributed by atoms with Crippen LogP contribution >= 0.6 is 0 Å². The lowest BCUT2D eigenvalue weighted by atomic mass is 9.64. The zero-order chi connectivity index (χ0) is 37.8. The Morgan fingerprint density at radius 3 is 1.42 bits per heavy atom. The van der Waals surface area contributed by atoms with E-state index in [0.29, 0.717) is 0 Å². The second-order valence-electron chi connectivity index (χ2n) is 14.9. The Balaban J connectivity index is 1.18. The summed E-state index contributed by atoms with van der Waals surface area (Å²) in [6, 6.07) is 84.2. The summed E-state index contributed by atoms with van der Waals surface area (Å²) in [6.45, 7) is 0. The van der Waals surface area contributed by atoms with E-state index in [4.69, 9.17) is 0 Å². The van der Waals surface area contributed by atoms with Gasteiger partial charge in [0.15, 0.2) is 0 Å². The van der Waals surface area contributed by atoms with Crippen LogP contribution in [-0.4, -0.2) is 0 Å². The van der Waals surface area contributed by atoms with Crippen molar-refractivity contribution in [1.82, 2.24) is 0 Å². The van der Waals surface area contributed by atoms with Crippen LogP contribution in [0.25, 0.3) is 33.4 Å². The first-order valence-corrected chi connectivity index (χ1v) is 19.7. The number of nitrogens with zero attached hydrogens (tertiary/aromatic N) is 2. The van der Waals surface area contributed by atoms with Gasteiger partial charge in [0.2, 0.25) is 0 Å². The van der Waals surface area contributed by atoms with Gasteiger partial charge in [-0.2, -0.15) is 0 Å². The molecule has 2 nitrogen and oxygen atoms in total. The molecule has 2 heteroatoms. The molecule has 0 aromatic heterocycles. The van der Waals surface area contributed by atoms with Gasteiger partial charge in [0.25, 0.3) is 0 Å². The smallest absolute Gasteiger partial charge is 0.0754 e. The molecule has 0 N–H and O–H groups in total. The van der Waals surface area contributed by atoms with Crippen molar-refractivity contribution in [3.63, 3.8) is 0 Å². The van der Waals surface area contributed by atoms with E-state index < -0.39 is 5.41 Å². The lowest BCUT2D eigenvalue weighted by molar-refractivity contribution is 0.753. The minimum Gasteiger partial charge on any atom is -0.310 e. The molecule has 1 aliphatic carbocycles. The standard InChI is InChI=1S/C55H38N2/c1-5-19-39(20-6-1)47-37-40(33-35-52(47)56(42-21-7-2-8-22-42)43-23-9-3-10-24-43)41-34-36-54-51(38-41)55(48-29-15-13-27-45(48)46-28-14-16-30-49(46)55)50-31-17-18-32-53(50)57(54)44-25-11-4-12-26-44/h1-38H. The van der Waals surface area contributed by atoms with Gasteiger partial charge in [-0.05, 0) is 117 Å². The molecule has 1 spiro atoms. The van der Waals surface area contributed by atoms with Crippen molar-refractivity contribution >= 4 is 34.1 Å². The van der Waals surface area contributed by atoms with Gasteiger partial charge in [-0.3, -0.25) is 0 Å². The molecule has 0 atom stereocenters. The molecule has 0 unspecified atom stereocenters. The molecular formula is C55H38N2. The van der Waals surface area contributed by atoms with Crippen LogP contribution in [0.3, 0.4) is 0 Å². The lowest BCUT2D eigenvalue weighted by Crippen LogP contribution is -2.36. The number of para-hydroxylation sites is 4. The van der Waals surface area contributed by atoms with E-state index >= 15 is 0 Å². The third-order valence-corrected chi connectivity index (χ3v) is 11.8. The maximum atomic E-state index is 2.48. The number of hydrogen-bond donors (Lipinski definition) is 0. The van der Waals surface area contributed by atoms with Crippen LogP contribution in [-0.2, 0) is 5.41 Å². The molecule has 0 saturated heterocycles. The predicted molar refractivity (Wildman–Crippen MR) is 238 cm³/mol. The summed E-state index contributed by atoms with van der Waals surface area (Å²) in [7, 11) is 0. The number of benzene rings is 9. The van der Waals surface area contributed by atoms with Gasteiger partial charge < -0.3 is 9.80 Å². The van der Waals surface area contributed by atoms with E-state index in [2.05, 4.69) is 240 Å². The van der Waals surface area contributed by atoms with Crippen molar-refractivity contribution in [2.75, 3.05) is 9.80 Å². The fourth-order valence-corrected chi connectivity index (χ4v) is 9.48. The van der Waals surface area contributed by atoms with Crippen LogP contribution in [0.4, 0.5) is 34.1 Å². The van der Waals surface area contributed by atoms with Crippen LogP contribution in [0.2, 0.25) is 0 Å². The fourth-order valence-electron chi connectivity index (χ4n) is 9.48. The molecule has 1 aliphatic heterocycles. The Morgan fingerprint density at radius 1 is 0.316 bits per heavy atom. The Labute approximate surface area is 334 Å². The van der Waals surface area contributed by atoms with Gasteiger partial charge in [-0.25, -0.2) is 0 Å². The van der Waals surface area contributed by atoms with E-state index in [9.17, 15) is 0 Å². The second-order valence-corrected chi connectivity index (χ2v) is 14.9. The van der Waals surface area contributed by atoms with E-state index in [1.807, 2.05) is 0 Å². The first kappa shape index (κ1) is 33.0. The van der Waals surface area contributed by atoms with Crippen molar-refractivity contribution in [2.45, 2.75) is 5.41 Å². The minimum atomic E-state index is -0.514. The monoisotopic (exact) mass is 726 g/mol. The van der Waals surface area contributed by atoms with Crippen LogP contribution in [0.5, 0.6) is 0 Å². The number of fused-ring (bicyclic) bond motifs is 9. The summed E-state index contributed by atoms with van der Waals surface area (Å²) >= 11 is 0. The summed E-state index contributed by atoms with van der Waals surface area (Å²) in [4.78, 5) is 4.83. The largest absolute Gasteiger partial charge is 0.310 e. The molecule has 57 heavy (non-hydrogen) atoms. The third kappa shape index (κ3) is 5.11. The van der Waals surface area contributed by atoms with Crippen LogP contribution in [0, 0.1) is 0 Å². The highest BCUT2D eigenvalue weighted by molar-refractivity contribution is 5.97. The maximum Gasteiger partial charge on any atom is 0.0754 e. The number of hydrogen-bond acceptors (Lipinski definition) is 2. The van der Waals surface area contributed by atoms with E-state index in [1.165, 1.54) is 67.0 Å². The molecule has 0 radical (unpaired) electrons. The van der Waals surface area contributed by atoms with Crippen molar-refractivity contribution in [1.29, 1.82) is 0 Å². The van der Waals surface area contributed by atoms with Crippen molar-refractivity contribution in [3.8, 4) is 33.4 Å². The molecule has 0 saturated carbocycles. The average molecular weight is 727 g/mol. The van der Waals surface area contributed by atoms with Gasteiger partial charge in [0.05, 0.1) is 22.5 Å². The zero-order valence-electron chi connectivity index (χ0n) is 31.3. The van der Waals surface area contributed by atoms with Crippen LogP contribution < -0.4 is 9.80 Å². The van der Waals surface area contributed by atoms with Gasteiger partial charge in [-0.1, -0.05) is 164 Å². The SMILES string of the molecule is c1ccc(-c2cc(-c3ccc4c(c3)C3(c5ccccc5-c5ccccc53)c3ccccc3N4c3ccccc3)ccc2N(c2ccccc2)c2ccccc2)cc1.